The molecule has 1 fully saturated rings. The number of allylic oxidation sites excluding steroid dienone is 2. The maximum atomic E-state index is 12.2. The summed E-state index contributed by atoms with van der Waals surface area (Å²) in [5.74, 6) is 0.00555. The van der Waals surface area contributed by atoms with Gasteiger partial charge in [-0.15, -0.1) is 0 Å². The molecule has 0 saturated heterocycles. The van der Waals surface area contributed by atoms with Gasteiger partial charge in [0.15, 0.2) is 0 Å². The van der Waals surface area contributed by atoms with Crippen molar-refractivity contribution in [2.45, 2.75) is 63.6 Å². The van der Waals surface area contributed by atoms with Gasteiger partial charge in [-0.25, -0.2) is 4.84 Å². The molecule has 2 aromatic carbocycles. The van der Waals surface area contributed by atoms with Crippen LogP contribution in [0.3, 0.4) is 0 Å². The van der Waals surface area contributed by atoms with Crippen LogP contribution in [0.15, 0.2) is 72.8 Å². The lowest BCUT2D eigenvalue weighted by Gasteiger charge is -2.19. The minimum Gasteiger partial charge on any atom is -0.491 e. The second-order valence-corrected chi connectivity index (χ2v) is 10.5. The molecule has 224 valence electrons. The number of amides is 1. The molecular weight excluding hydrogens is 552 g/mol. The molecule has 0 spiro atoms. The molecule has 11 heteroatoms. The Hall–Kier alpha value is -2.80. The molecule has 0 aliphatic heterocycles. The zero-order valence-electron chi connectivity index (χ0n) is 22.8. The first-order chi connectivity index (χ1) is 19.7. The topological polar surface area (TPSA) is 152 Å². The van der Waals surface area contributed by atoms with Crippen molar-refractivity contribution in [3.05, 3.63) is 89.0 Å². The predicted molar refractivity (Wildman–Crippen MR) is 152 cm³/mol. The van der Waals surface area contributed by atoms with Crippen molar-refractivity contribution in [3.8, 4) is 5.75 Å². The number of aliphatic hydroxyl groups excluding tert-OH is 3. The normalized spacial score (nSPS) is 21.6. The molecule has 1 amide bonds. The van der Waals surface area contributed by atoms with Gasteiger partial charge < -0.3 is 25.4 Å². The van der Waals surface area contributed by atoms with Crippen LogP contribution in [0.25, 0.3) is 0 Å². The molecule has 1 aliphatic carbocycles. The molecule has 3 rings (SSSR count). The van der Waals surface area contributed by atoms with Gasteiger partial charge in [0.2, 0.25) is 5.91 Å². The van der Waals surface area contributed by atoms with Gasteiger partial charge in [-0.2, -0.15) is 0 Å². The number of nitrogens with zero attached hydrogens (tertiary/aromatic N) is 1. The average molecular weight is 591 g/mol. The molecule has 5 atom stereocenters. The van der Waals surface area contributed by atoms with Crippen molar-refractivity contribution in [2.24, 2.45) is 11.8 Å². The SMILES string of the molecule is O=C(CCC/C=C\C[C@@H]1[C@@H](/C=C/[C@@H](O)COc2cccc(Cl)c2)[C@H](O)C[C@@H]1O)NCc1cccc(CON(O)O)c1. The molecule has 10 nitrogen and oxygen atoms in total. The fraction of sp³-hybridized carbons (Fsp3) is 0.433. The van der Waals surface area contributed by atoms with Crippen molar-refractivity contribution in [1.82, 2.24) is 10.7 Å². The van der Waals surface area contributed by atoms with Gasteiger partial charge in [-0.1, -0.05) is 66.2 Å². The van der Waals surface area contributed by atoms with Crippen LogP contribution >= 0.6 is 11.6 Å². The number of benzene rings is 2. The Labute approximate surface area is 245 Å². The van der Waals surface area contributed by atoms with E-state index in [1.165, 1.54) is 0 Å². The first-order valence-corrected chi connectivity index (χ1v) is 14.0. The number of ether oxygens (including phenoxy) is 1. The molecule has 1 aliphatic rings. The molecule has 0 heterocycles. The van der Waals surface area contributed by atoms with E-state index in [4.69, 9.17) is 26.8 Å². The smallest absolute Gasteiger partial charge is 0.220 e. The van der Waals surface area contributed by atoms with Crippen molar-refractivity contribution in [3.63, 3.8) is 0 Å². The third kappa shape index (κ3) is 11.9. The summed E-state index contributed by atoms with van der Waals surface area (Å²) in [5.41, 5.74) is 1.59. The lowest BCUT2D eigenvalue weighted by molar-refractivity contribution is -0.497. The molecule has 0 aromatic heterocycles. The second kappa shape index (κ2) is 17.2. The Bertz CT molecular complexity index is 1140. The van der Waals surface area contributed by atoms with Gasteiger partial charge >= 0.3 is 0 Å². The molecule has 0 radical (unpaired) electrons. The number of rotatable bonds is 16. The summed E-state index contributed by atoms with van der Waals surface area (Å²) < 4.78 is 5.56. The van der Waals surface area contributed by atoms with Crippen LogP contribution in [-0.2, 0) is 22.8 Å². The molecule has 1 saturated carbocycles. The summed E-state index contributed by atoms with van der Waals surface area (Å²) in [7, 11) is 0. The standard InChI is InChI=1S/C30H39ClN2O8/c31-23-9-6-10-25(16-23)40-20-24(34)13-14-27-26(28(35)17-29(27)36)11-3-1-2-4-12-30(37)32-18-21-7-5-8-22(15-21)19-41-33(38)39/h1,3,5-10,13-16,24,26-29,34-36,38-39H,2,4,11-12,17-20H2,(H,32,37)/b3-1-,14-13+/t24-,26-,27-,28+,29-/m1/s1. The van der Waals surface area contributed by atoms with E-state index in [1.807, 2.05) is 18.2 Å². The molecule has 0 bridgehead atoms. The highest BCUT2D eigenvalue weighted by atomic mass is 35.5. The molecule has 6 N–H and O–H groups in total. The molecule has 0 unspecified atom stereocenters. The lowest BCUT2D eigenvalue weighted by Crippen LogP contribution is -2.22. The van der Waals surface area contributed by atoms with Crippen LogP contribution in [-0.4, -0.2) is 61.9 Å². The van der Waals surface area contributed by atoms with Crippen LogP contribution in [0.4, 0.5) is 0 Å². The van der Waals surface area contributed by atoms with Crippen LogP contribution < -0.4 is 10.1 Å². The fourth-order valence-electron chi connectivity index (χ4n) is 4.76. The van der Waals surface area contributed by atoms with Gasteiger partial charge in [0.1, 0.15) is 18.5 Å². The van der Waals surface area contributed by atoms with Crippen LogP contribution in [0.2, 0.25) is 5.02 Å². The highest BCUT2D eigenvalue weighted by molar-refractivity contribution is 6.30. The predicted octanol–water partition coefficient (Wildman–Crippen LogP) is 3.94. The zero-order chi connectivity index (χ0) is 29.6. The Morgan fingerprint density at radius 2 is 1.88 bits per heavy atom. The third-order valence-corrected chi connectivity index (χ3v) is 7.10. The van der Waals surface area contributed by atoms with Gasteiger partial charge in [0.25, 0.3) is 0 Å². The van der Waals surface area contributed by atoms with Crippen LogP contribution in [0.1, 0.15) is 43.2 Å². The van der Waals surface area contributed by atoms with E-state index in [9.17, 15) is 20.1 Å². The summed E-state index contributed by atoms with van der Waals surface area (Å²) in [6, 6.07) is 14.1. The van der Waals surface area contributed by atoms with E-state index < -0.39 is 18.3 Å². The lowest BCUT2D eigenvalue weighted by atomic mass is 9.89. The minimum absolute atomic E-state index is 0.0171. The molecular formula is C30H39ClN2O8. The quantitative estimate of drug-likeness (QED) is 0.0970. The number of carbonyl (C=O) groups is 1. The highest BCUT2D eigenvalue weighted by Crippen LogP contribution is 2.36. The Balaban J connectivity index is 1.35. The Morgan fingerprint density at radius 3 is 2.66 bits per heavy atom. The van der Waals surface area contributed by atoms with Crippen LogP contribution in [0.5, 0.6) is 5.75 Å². The minimum atomic E-state index is -0.877. The van der Waals surface area contributed by atoms with Gasteiger partial charge in [-0.3, -0.25) is 15.2 Å². The Kier molecular flexibility index (Phi) is 13.7. The van der Waals surface area contributed by atoms with E-state index >= 15 is 0 Å². The summed E-state index contributed by atoms with van der Waals surface area (Å²) >= 11 is 5.94. The summed E-state index contributed by atoms with van der Waals surface area (Å²) in [4.78, 5) is 16.8. The van der Waals surface area contributed by atoms with Gasteiger partial charge in [-0.05, 0) is 54.5 Å². The number of halogens is 1. The summed E-state index contributed by atoms with van der Waals surface area (Å²) in [5, 5.41) is 51.6. The fourth-order valence-corrected chi connectivity index (χ4v) is 4.94. The largest absolute Gasteiger partial charge is 0.491 e. The zero-order valence-corrected chi connectivity index (χ0v) is 23.5. The maximum absolute atomic E-state index is 12.2. The second-order valence-electron chi connectivity index (χ2n) is 10.1. The Morgan fingerprint density at radius 1 is 1.10 bits per heavy atom. The van der Waals surface area contributed by atoms with Gasteiger partial charge in [0.05, 0.1) is 24.2 Å². The first-order valence-electron chi connectivity index (χ1n) is 13.6. The maximum Gasteiger partial charge on any atom is 0.220 e. The van der Waals surface area contributed by atoms with Crippen LogP contribution in [0, 0.1) is 11.8 Å². The first kappa shape index (κ1) is 32.7. The molecule has 41 heavy (non-hydrogen) atoms. The number of hydrogen-bond donors (Lipinski definition) is 6. The van der Waals surface area contributed by atoms with Crippen molar-refractivity contribution < 1.29 is 40.1 Å². The van der Waals surface area contributed by atoms with E-state index in [0.29, 0.717) is 43.0 Å². The van der Waals surface area contributed by atoms with E-state index in [0.717, 1.165) is 11.1 Å². The number of nitrogens with one attached hydrogen (secondary N) is 1. The third-order valence-electron chi connectivity index (χ3n) is 6.87. The summed E-state index contributed by atoms with van der Waals surface area (Å²) in [6.07, 6.45) is 7.65. The number of hydrogen-bond acceptors (Lipinski definition) is 9. The monoisotopic (exact) mass is 590 g/mol. The van der Waals surface area contributed by atoms with E-state index in [-0.39, 0.29) is 42.8 Å². The van der Waals surface area contributed by atoms with Gasteiger partial charge in [0, 0.05) is 30.3 Å². The van der Waals surface area contributed by atoms with E-state index in [1.54, 1.807) is 54.6 Å². The highest BCUT2D eigenvalue weighted by Gasteiger charge is 2.39. The molecule has 2 aromatic rings. The number of aliphatic hydroxyl groups is 3. The number of carbonyl (C=O) groups excluding carboxylic acids is 1. The number of unbranched alkanes of at least 4 members (excludes halogenated alkanes) is 1. The average Bonchev–Trinajstić information content (AvgIpc) is 3.21. The van der Waals surface area contributed by atoms with E-state index in [2.05, 4.69) is 10.2 Å². The van der Waals surface area contributed by atoms with Crippen molar-refractivity contribution in [1.29, 1.82) is 0 Å². The van der Waals surface area contributed by atoms with Crippen molar-refractivity contribution in [2.75, 3.05) is 6.61 Å². The summed E-state index contributed by atoms with van der Waals surface area (Å²) in [6.45, 7) is 0.370. The van der Waals surface area contributed by atoms with Crippen molar-refractivity contribution >= 4 is 17.5 Å².